The van der Waals surface area contributed by atoms with Crippen LogP contribution in [0.25, 0.3) is 11.0 Å². The lowest BCUT2D eigenvalue weighted by molar-refractivity contribution is -0.119. The Morgan fingerprint density at radius 2 is 1.91 bits per heavy atom. The number of aromatic nitrogens is 2. The van der Waals surface area contributed by atoms with E-state index in [4.69, 9.17) is 0 Å². The van der Waals surface area contributed by atoms with Crippen LogP contribution in [0.3, 0.4) is 0 Å². The van der Waals surface area contributed by atoms with Crippen molar-refractivity contribution in [1.29, 1.82) is 0 Å². The molecule has 2 heterocycles. The molecular weight excluding hydrogens is 442 g/mol. The van der Waals surface area contributed by atoms with Crippen molar-refractivity contribution in [3.8, 4) is 0 Å². The molecule has 4 rings (SSSR count). The third-order valence-corrected chi connectivity index (χ3v) is 7.17. The highest BCUT2D eigenvalue weighted by Crippen LogP contribution is 2.29. The largest absolute Gasteiger partial charge is 0.303 e. The fraction of sp³-hybridized carbons (Fsp3) is 0.261. The van der Waals surface area contributed by atoms with Gasteiger partial charge in [0.25, 0.3) is 0 Å². The third kappa shape index (κ3) is 4.78. The van der Waals surface area contributed by atoms with Crippen molar-refractivity contribution in [3.05, 3.63) is 59.7 Å². The summed E-state index contributed by atoms with van der Waals surface area (Å²) in [5.74, 6) is 0.313. The number of nitrogens with one attached hydrogen (secondary N) is 1. The lowest BCUT2D eigenvalue weighted by Crippen LogP contribution is -2.37. The maximum Gasteiger partial charge on any atom is 0.239 e. The van der Waals surface area contributed by atoms with Crippen molar-refractivity contribution in [2.24, 2.45) is 10.2 Å². The van der Waals surface area contributed by atoms with Crippen molar-refractivity contribution in [2.75, 3.05) is 5.75 Å². The van der Waals surface area contributed by atoms with Crippen LogP contribution in [0.15, 0.2) is 63.9 Å². The average molecular weight is 466 g/mol. The first-order valence-electron chi connectivity index (χ1n) is 10.3. The first-order valence-corrected chi connectivity index (χ1v) is 12.1. The molecule has 1 aliphatic heterocycles. The van der Waals surface area contributed by atoms with Gasteiger partial charge in [0.1, 0.15) is 0 Å². The molecule has 1 unspecified atom stereocenters. The second-order valence-electron chi connectivity index (χ2n) is 7.35. The molecule has 1 atom stereocenters. The van der Waals surface area contributed by atoms with Crippen LogP contribution in [-0.2, 0) is 4.79 Å². The number of amides is 1. The van der Waals surface area contributed by atoms with Crippen molar-refractivity contribution in [3.63, 3.8) is 0 Å². The number of aryl methyl sites for hydroxylation is 1. The van der Waals surface area contributed by atoms with Gasteiger partial charge < -0.3 is 5.32 Å². The summed E-state index contributed by atoms with van der Waals surface area (Å²) in [6.07, 6.45) is 0.577. The summed E-state index contributed by atoms with van der Waals surface area (Å²) in [7, 11) is 0. The van der Waals surface area contributed by atoms with Gasteiger partial charge in [0, 0.05) is 12.7 Å². The van der Waals surface area contributed by atoms with E-state index < -0.39 is 5.25 Å². The zero-order chi connectivity index (χ0) is 22.7. The van der Waals surface area contributed by atoms with Gasteiger partial charge in [-0.15, -0.1) is 5.10 Å². The molecule has 0 saturated heterocycles. The van der Waals surface area contributed by atoms with Gasteiger partial charge in [-0.1, -0.05) is 72.4 Å². The molecule has 1 aliphatic rings. The zero-order valence-electron chi connectivity index (χ0n) is 18.0. The average Bonchev–Trinajstić information content (AvgIpc) is 3.17. The van der Waals surface area contributed by atoms with Gasteiger partial charge >= 0.3 is 0 Å². The van der Waals surface area contributed by atoms with Gasteiger partial charge in [0.2, 0.25) is 11.8 Å². The molecule has 164 valence electrons. The normalized spacial score (nSPS) is 14.6. The number of para-hydroxylation sites is 2. The Morgan fingerprint density at radius 1 is 1.16 bits per heavy atom. The van der Waals surface area contributed by atoms with E-state index in [1.54, 1.807) is 4.57 Å². The molecule has 2 aromatic carbocycles. The van der Waals surface area contributed by atoms with E-state index >= 15 is 0 Å². The number of fused-ring (bicyclic) bond motifs is 1. The summed E-state index contributed by atoms with van der Waals surface area (Å²) in [5.41, 5.74) is 4.57. The number of hydrogen-bond acceptors (Lipinski definition) is 7. The molecule has 1 aromatic heterocycles. The molecule has 0 fully saturated rings. The number of amidine groups is 1. The Morgan fingerprint density at radius 3 is 2.56 bits per heavy atom. The Hall–Kier alpha value is -2.91. The van der Waals surface area contributed by atoms with Crippen molar-refractivity contribution in [2.45, 2.75) is 37.6 Å². The van der Waals surface area contributed by atoms with Gasteiger partial charge in [0.15, 0.2) is 10.3 Å². The summed E-state index contributed by atoms with van der Waals surface area (Å²) in [5, 5.41) is 12.0. The molecule has 9 heteroatoms. The van der Waals surface area contributed by atoms with Crippen LogP contribution >= 0.6 is 23.5 Å². The number of benzene rings is 2. The minimum Gasteiger partial charge on any atom is -0.303 e. The predicted molar refractivity (Wildman–Crippen MR) is 132 cm³/mol. The fourth-order valence-electron chi connectivity index (χ4n) is 3.27. The summed E-state index contributed by atoms with van der Waals surface area (Å²) < 4.78 is 1.56. The molecule has 3 aromatic rings. The van der Waals surface area contributed by atoms with Crippen LogP contribution in [0.1, 0.15) is 36.2 Å². The van der Waals surface area contributed by atoms with Crippen molar-refractivity contribution in [1.82, 2.24) is 14.9 Å². The standard InChI is InChI=1S/C23H23N5O2S2/c1-4-20(32-23-24-17-7-5-6-8-19(17)28(23)15(3)29)21(30)25-22-27-26-18(13-31-22)16-11-9-14(2)10-12-16/h5-12,20H,4,13H2,1-3H3,(H,25,27,30). The summed E-state index contributed by atoms with van der Waals surface area (Å²) in [6, 6.07) is 15.6. The first-order chi connectivity index (χ1) is 15.5. The highest BCUT2D eigenvalue weighted by Gasteiger charge is 2.25. The van der Waals surface area contributed by atoms with Crippen molar-refractivity contribution >= 4 is 57.3 Å². The van der Waals surface area contributed by atoms with E-state index in [9.17, 15) is 9.59 Å². The molecule has 0 spiro atoms. The molecule has 0 aliphatic carbocycles. The quantitative estimate of drug-likeness (QED) is 0.561. The number of nitrogens with zero attached hydrogens (tertiary/aromatic N) is 4. The molecule has 1 N–H and O–H groups in total. The number of thioether (sulfide) groups is 2. The highest BCUT2D eigenvalue weighted by atomic mass is 32.2. The number of hydrogen-bond donors (Lipinski definition) is 1. The molecule has 0 radical (unpaired) electrons. The maximum atomic E-state index is 12.9. The first kappa shape index (κ1) is 22.3. The second-order valence-corrected chi connectivity index (χ2v) is 9.48. The third-order valence-electron chi connectivity index (χ3n) is 4.98. The Balaban J connectivity index is 1.48. The van der Waals surface area contributed by atoms with Crippen LogP contribution in [0.5, 0.6) is 0 Å². The minimum absolute atomic E-state index is 0.137. The molecule has 0 saturated carbocycles. The summed E-state index contributed by atoms with van der Waals surface area (Å²) >= 11 is 2.73. The Kier molecular flexibility index (Phi) is 6.76. The van der Waals surface area contributed by atoms with Crippen LogP contribution < -0.4 is 5.32 Å². The van der Waals surface area contributed by atoms with E-state index in [2.05, 4.69) is 20.5 Å². The molecular formula is C23H23N5O2S2. The van der Waals surface area contributed by atoms with Gasteiger partial charge in [0.05, 0.1) is 22.0 Å². The SMILES string of the molecule is CCC(Sc1nc2ccccc2n1C(C)=O)C(=O)NC1=NN=C(c2ccc(C)cc2)CS1. The monoisotopic (exact) mass is 465 g/mol. The maximum absolute atomic E-state index is 12.9. The molecule has 0 bridgehead atoms. The predicted octanol–water partition coefficient (Wildman–Crippen LogP) is 4.50. The van der Waals surface area contributed by atoms with Crippen LogP contribution in [0, 0.1) is 6.92 Å². The van der Waals surface area contributed by atoms with E-state index in [0.717, 1.165) is 22.3 Å². The van der Waals surface area contributed by atoms with Crippen LogP contribution in [0.2, 0.25) is 0 Å². The Bertz CT molecular complexity index is 1230. The summed E-state index contributed by atoms with van der Waals surface area (Å²) in [4.78, 5) is 29.7. The smallest absolute Gasteiger partial charge is 0.239 e. The van der Waals surface area contributed by atoms with Gasteiger partial charge in [-0.3, -0.25) is 14.2 Å². The number of carbonyl (C=O) groups excluding carboxylic acids is 2. The van der Waals surface area contributed by atoms with E-state index in [0.29, 0.717) is 22.5 Å². The highest BCUT2D eigenvalue weighted by molar-refractivity contribution is 8.14. The van der Waals surface area contributed by atoms with Crippen LogP contribution in [-0.4, -0.2) is 43.2 Å². The van der Waals surface area contributed by atoms with Gasteiger partial charge in [-0.25, -0.2) is 4.98 Å². The Labute approximate surface area is 194 Å². The summed E-state index contributed by atoms with van der Waals surface area (Å²) in [6.45, 7) is 5.47. The van der Waals surface area contributed by atoms with E-state index in [1.165, 1.54) is 36.0 Å². The number of carbonyl (C=O) groups is 2. The van der Waals surface area contributed by atoms with E-state index in [-0.39, 0.29) is 11.8 Å². The van der Waals surface area contributed by atoms with Crippen molar-refractivity contribution < 1.29 is 9.59 Å². The molecule has 7 nitrogen and oxygen atoms in total. The number of imidazole rings is 1. The lowest BCUT2D eigenvalue weighted by Gasteiger charge is -2.17. The zero-order valence-corrected chi connectivity index (χ0v) is 19.7. The minimum atomic E-state index is -0.421. The second kappa shape index (κ2) is 9.70. The topological polar surface area (TPSA) is 88.7 Å². The fourth-order valence-corrected chi connectivity index (χ4v) is 5.11. The van der Waals surface area contributed by atoms with Gasteiger partial charge in [-0.05, 0) is 31.0 Å². The van der Waals surface area contributed by atoms with E-state index in [1.807, 2.05) is 62.4 Å². The lowest BCUT2D eigenvalue weighted by atomic mass is 10.1. The molecule has 32 heavy (non-hydrogen) atoms. The number of rotatable bonds is 5. The van der Waals surface area contributed by atoms with Crippen LogP contribution in [0.4, 0.5) is 0 Å². The molecule has 1 amide bonds. The van der Waals surface area contributed by atoms with Gasteiger partial charge in [-0.2, -0.15) is 5.10 Å².